The van der Waals surface area contributed by atoms with Gasteiger partial charge >= 0.3 is 0 Å². The summed E-state index contributed by atoms with van der Waals surface area (Å²) >= 11 is 0. The van der Waals surface area contributed by atoms with E-state index < -0.39 is 9.84 Å². The number of aryl methyl sites for hydroxylation is 1. The molecule has 2 aromatic rings. The zero-order valence-corrected chi connectivity index (χ0v) is 13.9. The molecule has 1 aromatic heterocycles. The Morgan fingerprint density at radius 2 is 1.91 bits per heavy atom. The summed E-state index contributed by atoms with van der Waals surface area (Å²) in [5, 5.41) is 4.58. The molecule has 0 N–H and O–H groups in total. The number of nitrogens with zero attached hydrogens (tertiary/aromatic N) is 2. The lowest BCUT2D eigenvalue weighted by Gasteiger charge is -2.38. The molecule has 2 aliphatic rings. The second-order valence-electron chi connectivity index (χ2n) is 6.84. The third kappa shape index (κ3) is 2.31. The first-order valence-electron chi connectivity index (χ1n) is 8.15. The summed E-state index contributed by atoms with van der Waals surface area (Å²) in [6.45, 7) is 0. The highest BCUT2D eigenvalue weighted by Gasteiger charge is 2.46. The molecule has 122 valence electrons. The van der Waals surface area contributed by atoms with Gasteiger partial charge in [-0.3, -0.25) is 9.48 Å². The molecule has 0 radical (unpaired) electrons. The Kier molecular flexibility index (Phi) is 3.34. The first kappa shape index (κ1) is 14.9. The summed E-state index contributed by atoms with van der Waals surface area (Å²) in [7, 11) is -1.16. The lowest BCUT2D eigenvalue weighted by atomic mass is 9.84. The highest BCUT2D eigenvalue weighted by atomic mass is 32.2. The van der Waals surface area contributed by atoms with Crippen molar-refractivity contribution < 1.29 is 13.2 Å². The molecule has 2 aliphatic heterocycles. The molecule has 6 heteroatoms. The van der Waals surface area contributed by atoms with Gasteiger partial charge in [0.2, 0.25) is 0 Å². The largest absolute Gasteiger partial charge is 0.294 e. The molecule has 0 aliphatic carbocycles. The fraction of sp³-hybridized carbons (Fsp3) is 0.529. The summed E-state index contributed by atoms with van der Waals surface area (Å²) in [5.74, 6) is -0.0839. The van der Waals surface area contributed by atoms with E-state index in [-0.39, 0.29) is 22.2 Å². The zero-order valence-electron chi connectivity index (χ0n) is 13.1. The van der Waals surface area contributed by atoms with Gasteiger partial charge < -0.3 is 0 Å². The lowest BCUT2D eigenvalue weighted by molar-refractivity contribution is 0.0894. The maximum Gasteiger partial charge on any atom is 0.166 e. The normalized spacial score (nSPS) is 29.5. The highest BCUT2D eigenvalue weighted by molar-refractivity contribution is 7.92. The van der Waals surface area contributed by atoms with Crippen molar-refractivity contribution in [3.05, 3.63) is 30.0 Å². The van der Waals surface area contributed by atoms with Gasteiger partial charge in [0, 0.05) is 23.9 Å². The molecule has 2 saturated heterocycles. The van der Waals surface area contributed by atoms with Crippen LogP contribution >= 0.6 is 0 Å². The predicted octanol–water partition coefficient (Wildman–Crippen LogP) is 2.50. The van der Waals surface area contributed by atoms with Crippen molar-refractivity contribution in [2.75, 3.05) is 0 Å². The third-order valence-corrected chi connectivity index (χ3v) is 8.20. The van der Waals surface area contributed by atoms with E-state index in [0.29, 0.717) is 31.2 Å². The van der Waals surface area contributed by atoms with Crippen molar-refractivity contribution in [2.45, 2.75) is 42.6 Å². The number of Topliss-reactive ketones (excluding diaryl/α,β-unsaturated/α-hetero) is 1. The average molecular weight is 332 g/mol. The molecule has 2 bridgehead atoms. The Morgan fingerprint density at radius 1 is 1.22 bits per heavy atom. The van der Waals surface area contributed by atoms with Crippen molar-refractivity contribution in [2.24, 2.45) is 13.0 Å². The molecule has 2 unspecified atom stereocenters. The Balaban J connectivity index is 1.65. The first-order chi connectivity index (χ1) is 11.0. The average Bonchev–Trinajstić information content (AvgIpc) is 2.86. The molecule has 2 fully saturated rings. The minimum absolute atomic E-state index is 0.0832. The predicted molar refractivity (Wildman–Crippen MR) is 88.1 cm³/mol. The van der Waals surface area contributed by atoms with Gasteiger partial charge in [0.25, 0.3) is 0 Å². The minimum atomic E-state index is -3.01. The maximum atomic E-state index is 12.9. The van der Waals surface area contributed by atoms with Gasteiger partial charge in [-0.15, -0.1) is 0 Å². The van der Waals surface area contributed by atoms with Gasteiger partial charge in [-0.1, -0.05) is 18.6 Å². The summed E-state index contributed by atoms with van der Waals surface area (Å²) in [5.41, 5.74) is 1.60. The van der Waals surface area contributed by atoms with E-state index in [4.69, 9.17) is 0 Å². The molecule has 0 spiro atoms. The number of aromatic nitrogens is 2. The molecule has 5 nitrogen and oxygen atoms in total. The molecule has 1 aromatic carbocycles. The SMILES string of the molecule is Cn1ncc2ccc(C(=O)C3CC4CCCC(C3)S4(=O)=O)cc21. The molecule has 0 amide bonds. The van der Waals surface area contributed by atoms with Gasteiger partial charge in [-0.05, 0) is 31.7 Å². The van der Waals surface area contributed by atoms with E-state index in [0.717, 1.165) is 17.3 Å². The van der Waals surface area contributed by atoms with Gasteiger partial charge in [0.05, 0.1) is 22.2 Å². The molecule has 23 heavy (non-hydrogen) atoms. The Hall–Kier alpha value is -1.69. The van der Waals surface area contributed by atoms with E-state index >= 15 is 0 Å². The van der Waals surface area contributed by atoms with Gasteiger partial charge in [-0.2, -0.15) is 5.10 Å². The van der Waals surface area contributed by atoms with E-state index in [1.807, 2.05) is 25.2 Å². The van der Waals surface area contributed by atoms with Crippen LogP contribution in [-0.2, 0) is 16.9 Å². The number of rotatable bonds is 2. The van der Waals surface area contributed by atoms with Crippen LogP contribution in [0.1, 0.15) is 42.5 Å². The second-order valence-corrected chi connectivity index (χ2v) is 9.35. The number of fused-ring (bicyclic) bond motifs is 3. The third-order valence-electron chi connectivity index (χ3n) is 5.48. The summed E-state index contributed by atoms with van der Waals surface area (Å²) in [6, 6.07) is 5.63. The van der Waals surface area contributed by atoms with Crippen LogP contribution in [0, 0.1) is 5.92 Å². The molecular formula is C17H20N2O3S. The van der Waals surface area contributed by atoms with Crippen LogP contribution in [0.4, 0.5) is 0 Å². The van der Waals surface area contributed by atoms with Crippen LogP contribution in [0.3, 0.4) is 0 Å². The van der Waals surface area contributed by atoms with E-state index in [9.17, 15) is 13.2 Å². The van der Waals surface area contributed by atoms with Crippen molar-refractivity contribution in [3.8, 4) is 0 Å². The van der Waals surface area contributed by atoms with Crippen LogP contribution in [0.5, 0.6) is 0 Å². The fourth-order valence-electron chi connectivity index (χ4n) is 4.16. The maximum absolute atomic E-state index is 12.9. The Labute approximate surface area is 135 Å². The highest BCUT2D eigenvalue weighted by Crippen LogP contribution is 2.40. The van der Waals surface area contributed by atoms with Crippen LogP contribution in [0.15, 0.2) is 24.4 Å². The van der Waals surface area contributed by atoms with Crippen LogP contribution in [0.2, 0.25) is 0 Å². The number of ketones is 1. The lowest BCUT2D eigenvalue weighted by Crippen LogP contribution is -2.45. The van der Waals surface area contributed by atoms with Gasteiger partial charge in [0.1, 0.15) is 0 Å². The number of carbonyl (C=O) groups is 1. The molecule has 3 heterocycles. The summed E-state index contributed by atoms with van der Waals surface area (Å²) in [4.78, 5) is 12.9. The van der Waals surface area contributed by atoms with Crippen LogP contribution in [-0.4, -0.2) is 34.5 Å². The minimum Gasteiger partial charge on any atom is -0.294 e. The fourth-order valence-corrected chi connectivity index (χ4v) is 6.69. The second kappa shape index (κ2) is 5.16. The van der Waals surface area contributed by atoms with Crippen LogP contribution in [0.25, 0.3) is 10.9 Å². The topological polar surface area (TPSA) is 69.0 Å². The van der Waals surface area contributed by atoms with E-state index in [1.165, 1.54) is 0 Å². The number of hydrogen-bond acceptors (Lipinski definition) is 4. The zero-order chi connectivity index (χ0) is 16.2. The molecular weight excluding hydrogens is 312 g/mol. The Bertz CT molecular complexity index is 864. The van der Waals surface area contributed by atoms with Gasteiger partial charge in [-0.25, -0.2) is 8.42 Å². The van der Waals surface area contributed by atoms with E-state index in [2.05, 4.69) is 5.10 Å². The summed E-state index contributed by atoms with van der Waals surface area (Å²) in [6.07, 6.45) is 5.15. The number of hydrogen-bond donors (Lipinski definition) is 0. The van der Waals surface area contributed by atoms with Crippen molar-refractivity contribution >= 4 is 26.5 Å². The summed E-state index contributed by atoms with van der Waals surface area (Å²) < 4.78 is 26.5. The quantitative estimate of drug-likeness (QED) is 0.792. The Morgan fingerprint density at radius 3 is 2.61 bits per heavy atom. The smallest absolute Gasteiger partial charge is 0.166 e. The number of carbonyl (C=O) groups excluding carboxylic acids is 1. The van der Waals surface area contributed by atoms with Crippen molar-refractivity contribution in [1.82, 2.24) is 9.78 Å². The molecule has 2 atom stereocenters. The van der Waals surface area contributed by atoms with Gasteiger partial charge in [0.15, 0.2) is 15.6 Å². The molecule has 4 rings (SSSR count). The standard InChI is InChI=1S/C17H20N2O3S/c1-19-16-9-11(5-6-12(16)10-18-19)17(20)13-7-14-3-2-4-15(8-13)23(14,21)22/h5-6,9-10,13-15H,2-4,7-8H2,1H3. The van der Waals surface area contributed by atoms with E-state index in [1.54, 1.807) is 10.9 Å². The van der Waals surface area contributed by atoms with Crippen molar-refractivity contribution in [3.63, 3.8) is 0 Å². The molecule has 0 saturated carbocycles. The monoisotopic (exact) mass is 332 g/mol. The van der Waals surface area contributed by atoms with Crippen LogP contribution < -0.4 is 0 Å². The van der Waals surface area contributed by atoms with Crippen molar-refractivity contribution in [1.29, 1.82) is 0 Å². The number of benzene rings is 1. The first-order valence-corrected chi connectivity index (χ1v) is 9.76. The number of sulfone groups is 1.